The van der Waals surface area contributed by atoms with Gasteiger partial charge in [-0.05, 0) is 84.3 Å². The number of amides is 1. The van der Waals surface area contributed by atoms with Gasteiger partial charge in [0.05, 0.1) is 5.56 Å². The Hall–Kier alpha value is -3.22. The highest BCUT2D eigenvalue weighted by Crippen LogP contribution is 2.40. The van der Waals surface area contributed by atoms with Gasteiger partial charge in [0.2, 0.25) is 0 Å². The van der Waals surface area contributed by atoms with Crippen LogP contribution >= 0.6 is 27.3 Å². The van der Waals surface area contributed by atoms with Crippen LogP contribution in [0.2, 0.25) is 0 Å². The lowest BCUT2D eigenvalue weighted by Crippen LogP contribution is -2.24. The van der Waals surface area contributed by atoms with Crippen LogP contribution in [0.5, 0.6) is 5.75 Å². The molecule has 182 valence electrons. The fourth-order valence-corrected chi connectivity index (χ4v) is 5.77. The van der Waals surface area contributed by atoms with E-state index in [1.165, 1.54) is 16.9 Å². The summed E-state index contributed by atoms with van der Waals surface area (Å²) in [6.07, 6.45) is 6.10. The summed E-state index contributed by atoms with van der Waals surface area (Å²) in [6, 6.07) is 26.0. The minimum atomic E-state index is -0.0397. The Bertz CT molecular complexity index is 1350. The van der Waals surface area contributed by atoms with E-state index < -0.39 is 0 Å². The van der Waals surface area contributed by atoms with Gasteiger partial charge in [0, 0.05) is 22.1 Å². The van der Waals surface area contributed by atoms with Crippen molar-refractivity contribution in [2.24, 2.45) is 4.99 Å². The molecule has 5 rings (SSSR count). The number of ether oxygens (including phenoxy) is 1. The molecule has 1 N–H and O–H groups in total. The summed E-state index contributed by atoms with van der Waals surface area (Å²) in [5.41, 5.74) is 5.09. The van der Waals surface area contributed by atoms with Gasteiger partial charge < -0.3 is 10.1 Å². The molecule has 3 aromatic carbocycles. The van der Waals surface area contributed by atoms with Crippen LogP contribution in [-0.4, -0.2) is 12.1 Å². The quantitative estimate of drug-likeness (QED) is 0.226. The van der Waals surface area contributed by atoms with E-state index in [4.69, 9.17) is 9.73 Å². The summed E-state index contributed by atoms with van der Waals surface area (Å²) in [4.78, 5) is 19.3. The molecule has 1 heterocycles. The molecule has 0 atom stereocenters. The van der Waals surface area contributed by atoms with Gasteiger partial charge in [-0.15, -0.1) is 11.3 Å². The Labute approximate surface area is 224 Å². The van der Waals surface area contributed by atoms with Crippen LogP contribution in [0.4, 0.5) is 5.00 Å². The second-order valence-corrected chi connectivity index (χ2v) is 10.8. The maximum atomic E-state index is 13.2. The predicted molar refractivity (Wildman–Crippen MR) is 151 cm³/mol. The largest absolute Gasteiger partial charge is 0.489 e. The van der Waals surface area contributed by atoms with E-state index in [0.29, 0.717) is 13.2 Å². The van der Waals surface area contributed by atoms with E-state index >= 15 is 0 Å². The summed E-state index contributed by atoms with van der Waals surface area (Å²) >= 11 is 5.11. The fraction of sp³-hybridized carbons (Fsp3) is 0.200. The molecule has 1 aromatic heterocycles. The number of fused-ring (bicyclic) bond motifs is 1. The van der Waals surface area contributed by atoms with Crippen molar-refractivity contribution in [3.05, 3.63) is 116 Å². The number of benzene rings is 3. The normalized spacial score (nSPS) is 12.9. The minimum Gasteiger partial charge on any atom is -0.489 e. The van der Waals surface area contributed by atoms with Crippen LogP contribution in [-0.2, 0) is 26.0 Å². The number of halogens is 1. The monoisotopic (exact) mass is 558 g/mol. The van der Waals surface area contributed by atoms with Crippen molar-refractivity contribution in [3.8, 4) is 5.75 Å². The molecule has 1 aliphatic rings. The number of aryl methyl sites for hydroxylation is 1. The molecule has 0 bridgehead atoms. The van der Waals surface area contributed by atoms with Crippen LogP contribution in [0, 0.1) is 0 Å². The first-order valence-corrected chi connectivity index (χ1v) is 13.7. The summed E-state index contributed by atoms with van der Waals surface area (Å²) in [5.74, 6) is 0.768. The molecular formula is C30H27BrN2O2S. The zero-order valence-corrected chi connectivity index (χ0v) is 22.3. The zero-order chi connectivity index (χ0) is 24.7. The van der Waals surface area contributed by atoms with Crippen molar-refractivity contribution >= 4 is 44.4 Å². The minimum absolute atomic E-state index is 0.0397. The number of hydrogen-bond donors (Lipinski definition) is 1. The van der Waals surface area contributed by atoms with E-state index in [1.807, 2.05) is 85.1 Å². The number of rotatable bonds is 8. The van der Waals surface area contributed by atoms with Gasteiger partial charge in [0.1, 0.15) is 17.4 Å². The van der Waals surface area contributed by atoms with E-state index in [0.717, 1.165) is 56.7 Å². The van der Waals surface area contributed by atoms with Crippen LogP contribution in [0.25, 0.3) is 0 Å². The van der Waals surface area contributed by atoms with Crippen molar-refractivity contribution < 1.29 is 9.53 Å². The third-order valence-electron chi connectivity index (χ3n) is 6.21. The van der Waals surface area contributed by atoms with E-state index in [1.54, 1.807) is 11.3 Å². The Balaban J connectivity index is 1.28. The van der Waals surface area contributed by atoms with Crippen molar-refractivity contribution in [3.63, 3.8) is 0 Å². The van der Waals surface area contributed by atoms with E-state index in [2.05, 4.69) is 21.2 Å². The molecule has 0 fully saturated rings. The first-order valence-electron chi connectivity index (χ1n) is 12.1. The molecular weight excluding hydrogens is 532 g/mol. The fourth-order valence-electron chi connectivity index (χ4n) is 4.27. The van der Waals surface area contributed by atoms with Crippen molar-refractivity contribution in [2.75, 3.05) is 0 Å². The van der Waals surface area contributed by atoms with Gasteiger partial charge in [-0.2, -0.15) is 0 Å². The maximum Gasteiger partial charge on any atom is 0.254 e. The second-order valence-electron chi connectivity index (χ2n) is 8.80. The molecule has 4 aromatic rings. The molecule has 36 heavy (non-hydrogen) atoms. The van der Waals surface area contributed by atoms with Crippen LogP contribution in [0.3, 0.4) is 0 Å². The Kier molecular flexibility index (Phi) is 7.94. The van der Waals surface area contributed by atoms with Gasteiger partial charge in [-0.1, -0.05) is 58.4 Å². The summed E-state index contributed by atoms with van der Waals surface area (Å²) in [7, 11) is 0. The first-order chi connectivity index (χ1) is 17.7. The average Bonchev–Trinajstić information content (AvgIpc) is 3.30. The number of nitrogens with one attached hydrogen (secondary N) is 1. The molecule has 0 saturated heterocycles. The third kappa shape index (κ3) is 6.12. The lowest BCUT2D eigenvalue weighted by atomic mass is 9.95. The lowest BCUT2D eigenvalue weighted by molar-refractivity contribution is 0.0951. The van der Waals surface area contributed by atoms with Crippen LogP contribution < -0.4 is 10.1 Å². The predicted octanol–water partition coefficient (Wildman–Crippen LogP) is 7.65. The molecule has 0 spiro atoms. The smallest absolute Gasteiger partial charge is 0.254 e. The number of carbonyl (C=O) groups is 1. The van der Waals surface area contributed by atoms with E-state index in [9.17, 15) is 4.79 Å². The Morgan fingerprint density at radius 3 is 2.47 bits per heavy atom. The molecule has 0 saturated carbocycles. The number of hydrogen-bond acceptors (Lipinski definition) is 4. The summed E-state index contributed by atoms with van der Waals surface area (Å²) < 4.78 is 6.96. The second kappa shape index (κ2) is 11.7. The van der Waals surface area contributed by atoms with Gasteiger partial charge >= 0.3 is 0 Å². The average molecular weight is 560 g/mol. The Morgan fingerprint density at radius 2 is 1.69 bits per heavy atom. The molecule has 6 heteroatoms. The SMILES string of the molecule is O=C(NCc1ccccc1)c1c(N=Cc2ccc(OCc3ccc(Br)cc3)cc2)sc2c1CCCC2. The van der Waals surface area contributed by atoms with E-state index in [-0.39, 0.29) is 5.91 Å². The van der Waals surface area contributed by atoms with Crippen molar-refractivity contribution in [1.29, 1.82) is 0 Å². The van der Waals surface area contributed by atoms with Crippen molar-refractivity contribution in [2.45, 2.75) is 38.8 Å². The highest BCUT2D eigenvalue weighted by atomic mass is 79.9. The molecule has 1 aliphatic carbocycles. The molecule has 1 amide bonds. The molecule has 0 radical (unpaired) electrons. The number of nitrogens with zero attached hydrogens (tertiary/aromatic N) is 1. The van der Waals surface area contributed by atoms with Gasteiger partial charge in [0.25, 0.3) is 5.91 Å². The molecule has 0 unspecified atom stereocenters. The number of thiophene rings is 1. The highest BCUT2D eigenvalue weighted by Gasteiger charge is 2.25. The zero-order valence-electron chi connectivity index (χ0n) is 19.9. The maximum absolute atomic E-state index is 13.2. The molecule has 0 aliphatic heterocycles. The third-order valence-corrected chi connectivity index (χ3v) is 7.93. The summed E-state index contributed by atoms with van der Waals surface area (Å²) in [5, 5.41) is 3.90. The number of carbonyl (C=O) groups excluding carboxylic acids is 1. The lowest BCUT2D eigenvalue weighted by Gasteiger charge is -2.12. The van der Waals surface area contributed by atoms with Gasteiger partial charge in [0.15, 0.2) is 0 Å². The van der Waals surface area contributed by atoms with Crippen molar-refractivity contribution in [1.82, 2.24) is 5.32 Å². The van der Waals surface area contributed by atoms with Gasteiger partial charge in [-0.3, -0.25) is 4.79 Å². The number of aliphatic imine (C=N–C) groups is 1. The topological polar surface area (TPSA) is 50.7 Å². The summed E-state index contributed by atoms with van der Waals surface area (Å²) in [6.45, 7) is 1.03. The standard InChI is InChI=1S/C30H27BrN2O2S/c31-24-14-10-23(11-15-24)20-35-25-16-12-22(13-17-25)19-33-30-28(26-8-4-5-9-27(26)36-30)29(34)32-18-21-6-2-1-3-7-21/h1-3,6-7,10-17,19H,4-5,8-9,18,20H2,(H,32,34). The van der Waals surface area contributed by atoms with Crippen LogP contribution in [0.15, 0.2) is 88.3 Å². The molecule has 4 nitrogen and oxygen atoms in total. The first kappa shape index (κ1) is 24.5. The Morgan fingerprint density at radius 1 is 0.944 bits per heavy atom. The van der Waals surface area contributed by atoms with Crippen LogP contribution in [0.1, 0.15) is 50.3 Å². The highest BCUT2D eigenvalue weighted by molar-refractivity contribution is 9.10. The van der Waals surface area contributed by atoms with Gasteiger partial charge in [-0.25, -0.2) is 4.99 Å².